The van der Waals surface area contributed by atoms with Gasteiger partial charge in [-0.05, 0) is 312 Å². The Labute approximate surface area is 643 Å². The van der Waals surface area contributed by atoms with Gasteiger partial charge in [-0.15, -0.1) is 11.3 Å². The van der Waals surface area contributed by atoms with Gasteiger partial charge in [0.1, 0.15) is 0 Å². The first-order valence-corrected chi connectivity index (χ1v) is 41.8. The smallest absolute Gasteiger partial charge is 0.0543 e. The Morgan fingerprint density at radius 1 is 0.284 bits per heavy atom. The van der Waals surface area contributed by atoms with Crippen LogP contribution in [0.4, 0.5) is 34.1 Å². The van der Waals surface area contributed by atoms with E-state index < -0.39 is 0 Å². The highest BCUT2D eigenvalue weighted by atomic mass is 32.1. The van der Waals surface area contributed by atoms with Crippen molar-refractivity contribution in [2.75, 3.05) is 9.80 Å². The van der Waals surface area contributed by atoms with Crippen molar-refractivity contribution in [3.63, 3.8) is 0 Å². The topological polar surface area (TPSA) is 6.48 Å². The molecular weight excluding hydrogens is 1330 g/mol. The molecule has 8 saturated carbocycles. The van der Waals surface area contributed by atoms with Crippen LogP contribution in [-0.2, 0) is 27.1 Å². The molecule has 0 aliphatic heterocycles. The molecule has 12 aliphatic rings. The van der Waals surface area contributed by atoms with Crippen molar-refractivity contribution in [1.29, 1.82) is 0 Å². The first-order chi connectivity index (χ1) is 53.4. The maximum absolute atomic E-state index is 2.68. The van der Waals surface area contributed by atoms with E-state index in [1.54, 1.807) is 27.8 Å². The van der Waals surface area contributed by atoms with Crippen LogP contribution < -0.4 is 9.80 Å². The van der Waals surface area contributed by atoms with Gasteiger partial charge in [-0.3, -0.25) is 0 Å². The second-order valence-electron chi connectivity index (χ2n) is 36.4. The van der Waals surface area contributed by atoms with E-state index in [1.165, 1.54) is 218 Å². The summed E-state index contributed by atoms with van der Waals surface area (Å²) in [5.41, 5.74) is 34.5. The van der Waals surface area contributed by atoms with E-state index in [0.717, 1.165) is 11.8 Å². The highest BCUT2D eigenvalue weighted by molar-refractivity contribution is 7.25. The van der Waals surface area contributed by atoms with Crippen molar-refractivity contribution in [1.82, 2.24) is 0 Å². The molecule has 0 radical (unpaired) electrons. The fraction of sp³-hybridized carbons (Fsp3) is 0.245. The number of thiophene rings is 1. The zero-order valence-corrected chi connectivity index (χ0v) is 63.4. The average Bonchev–Trinajstić information content (AvgIpc) is 1.55. The van der Waals surface area contributed by atoms with E-state index in [2.05, 4.69) is 323 Å². The maximum atomic E-state index is 2.68. The van der Waals surface area contributed by atoms with E-state index in [0.29, 0.717) is 29.6 Å². The first-order valence-electron chi connectivity index (χ1n) is 41.0. The van der Waals surface area contributed by atoms with Crippen LogP contribution in [0.2, 0.25) is 0 Å². The van der Waals surface area contributed by atoms with Gasteiger partial charge in [0, 0.05) is 75.7 Å². The number of fused-ring (bicyclic) bond motifs is 18. The van der Waals surface area contributed by atoms with Gasteiger partial charge in [0.2, 0.25) is 0 Å². The molecule has 0 amide bonds. The van der Waals surface area contributed by atoms with E-state index in [1.807, 2.05) is 11.3 Å². The molecule has 8 bridgehead atoms. The third kappa shape index (κ3) is 8.17. The van der Waals surface area contributed by atoms with Crippen LogP contribution in [0.5, 0.6) is 0 Å². The molecular formula is C106H86N2S. The minimum atomic E-state index is -0.137. The lowest BCUT2D eigenvalue weighted by Gasteiger charge is -2.65. The number of anilines is 6. The largest absolute Gasteiger partial charge is 0.310 e. The van der Waals surface area contributed by atoms with Crippen LogP contribution in [0, 0.1) is 41.4 Å². The lowest BCUT2D eigenvalue weighted by molar-refractivity contribution is -0.0594. The van der Waals surface area contributed by atoms with E-state index in [-0.39, 0.29) is 27.1 Å². The molecule has 12 aliphatic carbocycles. The van der Waals surface area contributed by atoms with Gasteiger partial charge in [0.15, 0.2) is 0 Å². The molecule has 2 nitrogen and oxygen atoms in total. The lowest BCUT2D eigenvalue weighted by atomic mass is 9.38. The molecule has 109 heavy (non-hydrogen) atoms. The van der Waals surface area contributed by atoms with Crippen LogP contribution >= 0.6 is 11.3 Å². The zero-order valence-electron chi connectivity index (χ0n) is 62.6. The van der Waals surface area contributed by atoms with Gasteiger partial charge < -0.3 is 9.80 Å². The molecule has 1 heterocycles. The molecule has 0 saturated heterocycles. The quantitative estimate of drug-likeness (QED) is 0.140. The predicted octanol–water partition coefficient (Wildman–Crippen LogP) is 28.3. The highest BCUT2D eigenvalue weighted by Crippen LogP contribution is 2.75. The molecule has 14 aromatic carbocycles. The van der Waals surface area contributed by atoms with Crippen molar-refractivity contribution in [3.05, 3.63) is 335 Å². The molecule has 526 valence electrons. The summed E-state index contributed by atoms with van der Waals surface area (Å²) in [6, 6.07) is 113. The fourth-order valence-electron chi connectivity index (χ4n) is 26.9. The summed E-state index contributed by atoms with van der Waals surface area (Å²) in [4.78, 5) is 5.30. The molecule has 15 aromatic rings. The fourth-order valence-corrected chi connectivity index (χ4v) is 28.0. The first kappa shape index (κ1) is 62.3. The maximum Gasteiger partial charge on any atom is 0.0543 e. The van der Waals surface area contributed by atoms with Crippen LogP contribution in [0.3, 0.4) is 0 Å². The summed E-state index contributed by atoms with van der Waals surface area (Å²) in [5, 5.41) is 8.03. The number of benzene rings is 14. The van der Waals surface area contributed by atoms with Crippen molar-refractivity contribution < 1.29 is 0 Å². The minimum absolute atomic E-state index is 0.0727. The van der Waals surface area contributed by atoms with Crippen LogP contribution in [0.1, 0.15) is 142 Å². The van der Waals surface area contributed by atoms with Crippen molar-refractivity contribution in [2.24, 2.45) is 41.4 Å². The monoisotopic (exact) mass is 1420 g/mol. The Morgan fingerprint density at radius 3 is 1.38 bits per heavy atom. The summed E-state index contributed by atoms with van der Waals surface area (Å²) < 4.78 is 2.67. The van der Waals surface area contributed by atoms with Crippen LogP contribution in [-0.4, -0.2) is 0 Å². The third-order valence-electron chi connectivity index (χ3n) is 30.8. The SMILES string of the molecule is CC1(C)c2ccccc2-c2ccc(N(c3ccc(-c4ccc5c(ccc6ccc(C78CC9CC(C7)C7(c%10ccccc%10-c%10c(N(c%11ccc%12c(c%11)C(C)(C)c%11ccccc%11-%12)c%11ccc%12sc%13ccccc%13c%12c%11)cccc%107)C(C9)C8)cc65)c4)cc3)c3cccc4c3-c3ccccc3C43C4CC5CC(C4)CC3C5)cc21. The molecule has 2 unspecified atom stereocenters. The van der Waals surface area contributed by atoms with Gasteiger partial charge in [-0.25, -0.2) is 0 Å². The van der Waals surface area contributed by atoms with Gasteiger partial charge in [0.05, 0.1) is 11.4 Å². The van der Waals surface area contributed by atoms with Crippen molar-refractivity contribution in [2.45, 2.75) is 119 Å². The number of hydrogen-bond donors (Lipinski definition) is 0. The highest BCUT2D eigenvalue weighted by Gasteiger charge is 2.67. The number of hydrogen-bond acceptors (Lipinski definition) is 3. The normalized spacial score (nSPS) is 25.6. The van der Waals surface area contributed by atoms with Crippen molar-refractivity contribution in [3.8, 4) is 55.6 Å². The van der Waals surface area contributed by atoms with Crippen LogP contribution in [0.25, 0.3) is 97.4 Å². The van der Waals surface area contributed by atoms with Crippen molar-refractivity contribution >= 4 is 87.2 Å². The summed E-state index contributed by atoms with van der Waals surface area (Å²) in [7, 11) is 0. The number of nitrogens with zero attached hydrogens (tertiary/aromatic N) is 2. The Hall–Kier alpha value is -10.6. The van der Waals surface area contributed by atoms with Gasteiger partial charge in [-0.2, -0.15) is 0 Å². The van der Waals surface area contributed by atoms with E-state index >= 15 is 0 Å². The van der Waals surface area contributed by atoms with Gasteiger partial charge in [0.25, 0.3) is 0 Å². The summed E-state index contributed by atoms with van der Waals surface area (Å²) in [6.45, 7) is 9.70. The predicted molar refractivity (Wildman–Crippen MR) is 455 cm³/mol. The number of rotatable bonds is 8. The lowest BCUT2D eigenvalue weighted by Crippen LogP contribution is -2.60. The average molecular weight is 1420 g/mol. The summed E-state index contributed by atoms with van der Waals surface area (Å²) in [5.74, 6) is 4.93. The van der Waals surface area contributed by atoms with Gasteiger partial charge in [-0.1, -0.05) is 228 Å². The Morgan fingerprint density at radius 2 is 0.752 bits per heavy atom. The molecule has 8 fully saturated rings. The Kier molecular flexibility index (Phi) is 12.5. The minimum Gasteiger partial charge on any atom is -0.310 e. The second-order valence-corrected chi connectivity index (χ2v) is 37.5. The summed E-state index contributed by atoms with van der Waals surface area (Å²) in [6.07, 6.45) is 13.2. The second kappa shape index (κ2) is 21.9. The molecule has 2 spiro atoms. The standard InChI is InChI=1S/C106H86N2S/c1-102(2)88-22-10-5-17-79(88)81-44-40-76(57-94(81)102)107(96-28-15-26-92-100(96)84-20-7-12-24-90(84)105(92)70-48-62-47-63(50-70)51-71(105)49-62)74-38-34-65(35-39-74)67-36-43-78-68(54-67)32-31-66-33-37-69(55-86(66)78)104-59-64-52-72(60-104)106(73(53-64)61-104)91-25-13-8-21-85(91)101-93(106)27-16-29-97(101)108(75-42-46-99-87(56-75)83-19-9-14-30-98(83)109-99)77-41-45-82-80-18-6-11-23-89(80)103(3,4)95(82)58-77/h5-46,54-58,62-64,70-73H,47-53,59-61H2,1-4H3. The van der Waals surface area contributed by atoms with E-state index in [9.17, 15) is 0 Å². The zero-order chi connectivity index (χ0) is 71.8. The molecule has 1 aromatic heterocycles. The third-order valence-corrected chi connectivity index (χ3v) is 32.0. The van der Waals surface area contributed by atoms with Crippen LogP contribution in [0.15, 0.2) is 285 Å². The molecule has 3 heteroatoms. The molecule has 0 N–H and O–H groups in total. The Balaban J connectivity index is 0.574. The van der Waals surface area contributed by atoms with Gasteiger partial charge >= 0.3 is 0 Å². The Bertz CT molecular complexity index is 6450. The molecule has 2 atom stereocenters. The van der Waals surface area contributed by atoms with E-state index in [4.69, 9.17) is 0 Å². The molecule has 27 rings (SSSR count). The summed E-state index contributed by atoms with van der Waals surface area (Å²) >= 11 is 1.91.